The van der Waals surface area contributed by atoms with Crippen LogP contribution >= 0.6 is 0 Å². The van der Waals surface area contributed by atoms with E-state index in [0.717, 1.165) is 6.42 Å². The molecular weight excluding hydrogens is 167 g/mol. The lowest BCUT2D eigenvalue weighted by atomic mass is 9.93. The summed E-state index contributed by atoms with van der Waals surface area (Å²) in [7, 11) is 5.50. The number of ether oxygens (including phenoxy) is 2. The van der Waals surface area contributed by atoms with Crippen molar-refractivity contribution in [1.82, 2.24) is 0 Å². The van der Waals surface area contributed by atoms with Crippen molar-refractivity contribution in [2.45, 2.75) is 37.7 Å². The third-order valence-corrected chi connectivity index (χ3v) is 2.13. The van der Waals surface area contributed by atoms with Gasteiger partial charge in [-0.2, -0.15) is 0 Å². The van der Waals surface area contributed by atoms with Gasteiger partial charge in [-0.25, -0.2) is 0 Å². The highest BCUT2D eigenvalue weighted by molar-refractivity contribution is 6.11. The zero-order valence-corrected chi connectivity index (χ0v) is 7.64. The molecule has 0 aromatic carbocycles. The highest BCUT2D eigenvalue weighted by Gasteiger charge is 2.40. The van der Waals surface area contributed by atoms with Gasteiger partial charge in [-0.05, 0) is 6.42 Å². The molecule has 13 heavy (non-hydrogen) atoms. The lowest BCUT2D eigenvalue weighted by Gasteiger charge is -2.18. The molecule has 70 valence electrons. The highest BCUT2D eigenvalue weighted by atomic mass is 16.6. The van der Waals surface area contributed by atoms with Crippen LogP contribution in [0, 0.1) is 12.3 Å². The van der Waals surface area contributed by atoms with Gasteiger partial charge in [0.05, 0.1) is 6.10 Å². The molecule has 1 N–H and O–H groups in total. The van der Waals surface area contributed by atoms with Crippen LogP contribution in [0.2, 0.25) is 0 Å². The SMILES string of the molecule is [B][C@@H]1O[C@H](CC)C(OCC#C)[C@@H]1O. The Bertz CT molecular complexity index is 202. The third-order valence-electron chi connectivity index (χ3n) is 2.13. The van der Waals surface area contributed by atoms with Crippen LogP contribution in [0.5, 0.6) is 0 Å². The molecule has 1 rings (SSSR count). The third kappa shape index (κ3) is 2.25. The summed E-state index contributed by atoms with van der Waals surface area (Å²) in [5.41, 5.74) is 0. The van der Waals surface area contributed by atoms with Crippen molar-refractivity contribution >= 4 is 7.85 Å². The van der Waals surface area contributed by atoms with Crippen molar-refractivity contribution in [2.75, 3.05) is 6.61 Å². The van der Waals surface area contributed by atoms with Gasteiger partial charge in [0, 0.05) is 6.00 Å². The summed E-state index contributed by atoms with van der Waals surface area (Å²) in [4.78, 5) is 0. The second kappa shape index (κ2) is 4.66. The number of aliphatic hydroxyl groups is 1. The fourth-order valence-corrected chi connectivity index (χ4v) is 1.45. The molecule has 0 saturated carbocycles. The summed E-state index contributed by atoms with van der Waals surface area (Å²) < 4.78 is 10.5. The minimum Gasteiger partial charge on any atom is -0.388 e. The molecule has 3 nitrogen and oxygen atoms in total. The second-order valence-electron chi connectivity index (χ2n) is 3.02. The predicted octanol–water partition coefficient (Wildman–Crippen LogP) is -0.331. The molecule has 1 unspecified atom stereocenters. The van der Waals surface area contributed by atoms with Crippen LogP contribution in [0.15, 0.2) is 0 Å². The fourth-order valence-electron chi connectivity index (χ4n) is 1.45. The van der Waals surface area contributed by atoms with E-state index in [1.807, 2.05) is 6.92 Å². The van der Waals surface area contributed by atoms with Crippen molar-refractivity contribution < 1.29 is 14.6 Å². The summed E-state index contributed by atoms with van der Waals surface area (Å²) in [6.45, 7) is 2.12. The molecule has 1 fully saturated rings. The second-order valence-corrected chi connectivity index (χ2v) is 3.02. The van der Waals surface area contributed by atoms with Crippen molar-refractivity contribution in [3.05, 3.63) is 0 Å². The smallest absolute Gasteiger partial charge is 0.112 e. The van der Waals surface area contributed by atoms with Gasteiger partial charge in [0.2, 0.25) is 0 Å². The van der Waals surface area contributed by atoms with E-state index in [-0.39, 0.29) is 12.7 Å². The van der Waals surface area contributed by atoms with Gasteiger partial charge in [0.1, 0.15) is 26.7 Å². The first-order valence-electron chi connectivity index (χ1n) is 4.34. The van der Waals surface area contributed by atoms with Crippen molar-refractivity contribution in [3.8, 4) is 12.3 Å². The van der Waals surface area contributed by atoms with E-state index in [9.17, 15) is 5.11 Å². The number of hydrogen-bond donors (Lipinski definition) is 1. The number of rotatable bonds is 3. The van der Waals surface area contributed by atoms with E-state index in [0.29, 0.717) is 0 Å². The Morgan fingerprint density at radius 1 is 1.69 bits per heavy atom. The molecule has 4 heteroatoms. The normalized spacial score (nSPS) is 38.8. The van der Waals surface area contributed by atoms with Crippen LogP contribution in [0.4, 0.5) is 0 Å². The Hall–Kier alpha value is -0.495. The van der Waals surface area contributed by atoms with Crippen molar-refractivity contribution in [3.63, 3.8) is 0 Å². The van der Waals surface area contributed by atoms with Gasteiger partial charge in [0.25, 0.3) is 0 Å². The van der Waals surface area contributed by atoms with Gasteiger partial charge < -0.3 is 14.6 Å². The largest absolute Gasteiger partial charge is 0.388 e. The first-order chi connectivity index (χ1) is 6.20. The lowest BCUT2D eigenvalue weighted by Crippen LogP contribution is -2.35. The van der Waals surface area contributed by atoms with Gasteiger partial charge in [-0.15, -0.1) is 6.42 Å². The molecule has 0 aliphatic carbocycles. The molecular formula is C9H13BO3. The molecule has 1 heterocycles. The van der Waals surface area contributed by atoms with Gasteiger partial charge in [-0.1, -0.05) is 12.8 Å². The van der Waals surface area contributed by atoms with Gasteiger partial charge >= 0.3 is 0 Å². The standard InChI is InChI=1S/C9H13BO3/c1-3-5-12-8-6(4-2)13-9(10)7(8)11/h1,6-9,11H,4-5H2,2H3/t6-,7+,8?,9-/m1/s1. The maximum Gasteiger partial charge on any atom is 0.112 e. The molecule has 1 aliphatic rings. The van der Waals surface area contributed by atoms with E-state index in [4.69, 9.17) is 23.7 Å². The van der Waals surface area contributed by atoms with E-state index in [2.05, 4.69) is 5.92 Å². The first-order valence-corrected chi connectivity index (χ1v) is 4.34. The maximum atomic E-state index is 9.54. The van der Waals surface area contributed by atoms with Crippen LogP contribution in [0.3, 0.4) is 0 Å². The average Bonchev–Trinajstić information content (AvgIpc) is 2.40. The molecule has 1 saturated heterocycles. The highest BCUT2D eigenvalue weighted by Crippen LogP contribution is 2.24. The zero-order valence-electron chi connectivity index (χ0n) is 7.64. The van der Waals surface area contributed by atoms with Crippen molar-refractivity contribution in [1.29, 1.82) is 0 Å². The molecule has 0 aromatic heterocycles. The molecule has 0 spiro atoms. The zero-order chi connectivity index (χ0) is 9.84. The van der Waals surface area contributed by atoms with E-state index >= 15 is 0 Å². The van der Waals surface area contributed by atoms with Crippen LogP contribution in [-0.4, -0.2) is 43.9 Å². The molecule has 0 aromatic rings. The lowest BCUT2D eigenvalue weighted by molar-refractivity contribution is -0.0247. The van der Waals surface area contributed by atoms with Crippen LogP contribution < -0.4 is 0 Å². The molecule has 2 radical (unpaired) electrons. The molecule has 4 atom stereocenters. The summed E-state index contributed by atoms with van der Waals surface area (Å²) in [6, 6.07) is -0.660. The number of hydrogen-bond acceptors (Lipinski definition) is 3. The summed E-state index contributed by atoms with van der Waals surface area (Å²) in [5, 5.41) is 9.54. The summed E-state index contributed by atoms with van der Waals surface area (Å²) >= 11 is 0. The Kier molecular flexibility index (Phi) is 3.79. The minimum atomic E-state index is -0.779. The predicted molar refractivity (Wildman–Crippen MR) is 49.3 cm³/mol. The minimum absolute atomic E-state index is 0.154. The molecule has 1 aliphatic heterocycles. The first kappa shape index (κ1) is 10.6. The quantitative estimate of drug-likeness (QED) is 0.477. The molecule has 0 bridgehead atoms. The monoisotopic (exact) mass is 180 g/mol. The Morgan fingerprint density at radius 3 is 2.92 bits per heavy atom. The average molecular weight is 180 g/mol. The Balaban J connectivity index is 2.53. The summed E-state index contributed by atoms with van der Waals surface area (Å²) in [6.07, 6.45) is 4.47. The maximum absolute atomic E-state index is 9.54. The van der Waals surface area contributed by atoms with Gasteiger partial charge in [0.15, 0.2) is 0 Å². The van der Waals surface area contributed by atoms with Crippen LogP contribution in [0.25, 0.3) is 0 Å². The fraction of sp³-hybridized carbons (Fsp3) is 0.778. The summed E-state index contributed by atoms with van der Waals surface area (Å²) in [5.74, 6) is 2.34. The van der Waals surface area contributed by atoms with Crippen LogP contribution in [-0.2, 0) is 9.47 Å². The van der Waals surface area contributed by atoms with Crippen LogP contribution in [0.1, 0.15) is 13.3 Å². The van der Waals surface area contributed by atoms with E-state index < -0.39 is 18.2 Å². The Labute approximate surface area is 79.8 Å². The number of terminal acetylenes is 1. The topological polar surface area (TPSA) is 38.7 Å². The number of aliphatic hydroxyl groups excluding tert-OH is 1. The van der Waals surface area contributed by atoms with E-state index in [1.54, 1.807) is 0 Å². The van der Waals surface area contributed by atoms with E-state index in [1.165, 1.54) is 0 Å². The van der Waals surface area contributed by atoms with Crippen molar-refractivity contribution in [2.24, 2.45) is 0 Å². The van der Waals surface area contributed by atoms with Gasteiger partial charge in [-0.3, -0.25) is 0 Å². The Morgan fingerprint density at radius 2 is 2.38 bits per heavy atom. The molecule has 0 amide bonds.